The van der Waals surface area contributed by atoms with Crippen LogP contribution >= 0.6 is 0 Å². The van der Waals surface area contributed by atoms with Crippen LogP contribution in [0.1, 0.15) is 39.5 Å². The molecule has 0 saturated heterocycles. The minimum Gasteiger partial charge on any atom is -0.480 e. The molecular weight excluding hydrogens is 202 g/mol. The van der Waals surface area contributed by atoms with Crippen molar-refractivity contribution in [2.45, 2.75) is 45.6 Å². The molecule has 0 aromatic heterocycles. The Bertz CT molecular complexity index is 251. The number of rotatable bonds is 5. The smallest absolute Gasteiger partial charge is 0.317 e. The first-order chi connectivity index (χ1) is 7.44. The highest BCUT2D eigenvalue weighted by Crippen LogP contribution is 2.36. The summed E-state index contributed by atoms with van der Waals surface area (Å²) in [6.45, 7) is 9.09. The molecule has 0 unspecified atom stereocenters. The van der Waals surface area contributed by atoms with E-state index in [0.29, 0.717) is 18.0 Å². The fourth-order valence-corrected chi connectivity index (χ4v) is 2.43. The zero-order valence-electron chi connectivity index (χ0n) is 10.4. The van der Waals surface area contributed by atoms with Gasteiger partial charge in [-0.05, 0) is 31.1 Å². The first-order valence-electron chi connectivity index (χ1n) is 6.01. The van der Waals surface area contributed by atoms with Crippen LogP contribution in [-0.2, 0) is 4.79 Å². The lowest BCUT2D eigenvalue weighted by atomic mass is 9.75. The number of carboxylic acid groups (broad SMARTS) is 1. The topological polar surface area (TPSA) is 40.5 Å². The van der Waals surface area contributed by atoms with Crippen molar-refractivity contribution in [3.63, 3.8) is 0 Å². The van der Waals surface area contributed by atoms with E-state index in [9.17, 15) is 4.79 Å². The van der Waals surface area contributed by atoms with Crippen LogP contribution < -0.4 is 0 Å². The molecule has 1 saturated carbocycles. The molecule has 0 aliphatic heterocycles. The number of aliphatic carboxylic acids is 1. The maximum atomic E-state index is 10.8. The van der Waals surface area contributed by atoms with Gasteiger partial charge in [0.1, 0.15) is 0 Å². The van der Waals surface area contributed by atoms with E-state index in [1.165, 1.54) is 12.8 Å². The van der Waals surface area contributed by atoms with Gasteiger partial charge in [-0.2, -0.15) is 0 Å². The highest BCUT2D eigenvalue weighted by Gasteiger charge is 2.30. The van der Waals surface area contributed by atoms with Crippen LogP contribution in [0, 0.1) is 5.41 Å². The maximum absolute atomic E-state index is 10.8. The van der Waals surface area contributed by atoms with Crippen LogP contribution in [0.5, 0.6) is 0 Å². The fourth-order valence-electron chi connectivity index (χ4n) is 2.43. The molecule has 0 amide bonds. The van der Waals surface area contributed by atoms with Crippen molar-refractivity contribution in [1.29, 1.82) is 0 Å². The molecule has 0 aromatic carbocycles. The van der Waals surface area contributed by atoms with E-state index < -0.39 is 5.97 Å². The van der Waals surface area contributed by atoms with Crippen LogP contribution in [0.25, 0.3) is 0 Å². The molecule has 0 bridgehead atoms. The molecule has 1 N–H and O–H groups in total. The summed E-state index contributed by atoms with van der Waals surface area (Å²) in [5.74, 6) is -0.744. The van der Waals surface area contributed by atoms with Crippen LogP contribution in [0.4, 0.5) is 0 Å². The first-order valence-corrected chi connectivity index (χ1v) is 6.01. The van der Waals surface area contributed by atoms with Gasteiger partial charge in [-0.25, -0.2) is 0 Å². The van der Waals surface area contributed by atoms with Gasteiger partial charge in [0.2, 0.25) is 0 Å². The molecule has 1 aliphatic carbocycles. The Morgan fingerprint density at radius 2 is 2.06 bits per heavy atom. The van der Waals surface area contributed by atoms with Gasteiger partial charge < -0.3 is 5.11 Å². The van der Waals surface area contributed by atoms with Gasteiger partial charge in [0.05, 0.1) is 6.54 Å². The quantitative estimate of drug-likeness (QED) is 0.731. The van der Waals surface area contributed by atoms with E-state index in [4.69, 9.17) is 5.11 Å². The summed E-state index contributed by atoms with van der Waals surface area (Å²) in [7, 11) is 0. The zero-order chi connectivity index (χ0) is 12.2. The van der Waals surface area contributed by atoms with Crippen molar-refractivity contribution < 1.29 is 9.90 Å². The molecule has 1 aliphatic rings. The van der Waals surface area contributed by atoms with Gasteiger partial charge in [-0.1, -0.05) is 19.9 Å². The van der Waals surface area contributed by atoms with Gasteiger partial charge in [0, 0.05) is 12.6 Å². The van der Waals surface area contributed by atoms with E-state index in [-0.39, 0.29) is 6.54 Å². The second-order valence-electron chi connectivity index (χ2n) is 5.51. The molecule has 0 heterocycles. The lowest BCUT2D eigenvalue weighted by Gasteiger charge is -2.39. The lowest BCUT2D eigenvalue weighted by molar-refractivity contribution is -0.139. The summed E-state index contributed by atoms with van der Waals surface area (Å²) in [5, 5.41) is 8.87. The van der Waals surface area contributed by atoms with E-state index in [1.807, 2.05) is 4.90 Å². The maximum Gasteiger partial charge on any atom is 0.317 e. The molecule has 0 atom stereocenters. The fraction of sp³-hybridized carbons (Fsp3) is 0.769. The number of hydrogen-bond acceptors (Lipinski definition) is 2. The largest absolute Gasteiger partial charge is 0.480 e. The third kappa shape index (κ3) is 3.97. The molecule has 3 nitrogen and oxygen atoms in total. The van der Waals surface area contributed by atoms with Gasteiger partial charge in [-0.15, -0.1) is 6.58 Å². The third-order valence-electron chi connectivity index (χ3n) is 3.53. The number of carbonyl (C=O) groups is 1. The summed E-state index contributed by atoms with van der Waals surface area (Å²) in [5.41, 5.74) is 0.430. The second kappa shape index (κ2) is 5.48. The molecule has 3 heteroatoms. The van der Waals surface area contributed by atoms with Gasteiger partial charge in [-0.3, -0.25) is 9.69 Å². The number of carboxylic acids is 1. The molecule has 0 radical (unpaired) electrons. The summed E-state index contributed by atoms with van der Waals surface area (Å²) in [6.07, 6.45) is 6.38. The Balaban J connectivity index is 2.52. The minimum atomic E-state index is -0.744. The molecule has 92 valence electrons. The van der Waals surface area contributed by atoms with Gasteiger partial charge in [0.25, 0.3) is 0 Å². The van der Waals surface area contributed by atoms with Crippen molar-refractivity contribution in [3.05, 3.63) is 12.7 Å². The first kappa shape index (κ1) is 13.2. The molecule has 16 heavy (non-hydrogen) atoms. The summed E-state index contributed by atoms with van der Waals surface area (Å²) < 4.78 is 0. The predicted molar refractivity (Wildman–Crippen MR) is 65.4 cm³/mol. The van der Waals surface area contributed by atoms with Gasteiger partial charge in [0.15, 0.2) is 0 Å². The van der Waals surface area contributed by atoms with Gasteiger partial charge >= 0.3 is 5.97 Å². The Hall–Kier alpha value is -0.830. The summed E-state index contributed by atoms with van der Waals surface area (Å²) >= 11 is 0. The van der Waals surface area contributed by atoms with Crippen molar-refractivity contribution in [3.8, 4) is 0 Å². The number of hydrogen-bond donors (Lipinski definition) is 1. The summed E-state index contributed by atoms with van der Waals surface area (Å²) in [6, 6.07) is 0.419. The Labute approximate surface area is 98.1 Å². The van der Waals surface area contributed by atoms with Crippen LogP contribution in [-0.4, -0.2) is 35.1 Å². The molecule has 1 rings (SSSR count). The molecule has 0 spiro atoms. The summed E-state index contributed by atoms with van der Waals surface area (Å²) in [4.78, 5) is 12.8. The van der Waals surface area contributed by atoms with Crippen molar-refractivity contribution in [2.24, 2.45) is 5.41 Å². The average Bonchev–Trinajstić information content (AvgIpc) is 2.16. The van der Waals surface area contributed by atoms with Crippen molar-refractivity contribution >= 4 is 5.97 Å². The molecular formula is C13H23NO2. The number of nitrogens with zero attached hydrogens (tertiary/aromatic N) is 1. The highest BCUT2D eigenvalue weighted by molar-refractivity contribution is 5.69. The minimum absolute atomic E-state index is 0.136. The Morgan fingerprint density at radius 3 is 2.50 bits per heavy atom. The predicted octanol–water partition coefficient (Wildman–Crippen LogP) is 2.53. The normalized spacial score (nSPS) is 20.9. The van der Waals surface area contributed by atoms with Crippen LogP contribution in [0.3, 0.4) is 0 Å². The van der Waals surface area contributed by atoms with E-state index in [1.54, 1.807) is 6.08 Å². The van der Waals surface area contributed by atoms with Crippen LogP contribution in [0.15, 0.2) is 12.7 Å². The van der Waals surface area contributed by atoms with Crippen molar-refractivity contribution in [1.82, 2.24) is 4.90 Å². The standard InChI is InChI=1S/C13H23NO2/c1-4-9-14(10-12(15)16)11-5-7-13(2,3)8-6-11/h4,11H,1,5-10H2,2-3H3,(H,15,16). The third-order valence-corrected chi connectivity index (χ3v) is 3.53. The second-order valence-corrected chi connectivity index (χ2v) is 5.51. The van der Waals surface area contributed by atoms with Crippen molar-refractivity contribution in [2.75, 3.05) is 13.1 Å². The molecule has 0 aromatic rings. The Kier molecular flexibility index (Phi) is 4.54. The van der Waals surface area contributed by atoms with E-state index >= 15 is 0 Å². The van der Waals surface area contributed by atoms with E-state index in [2.05, 4.69) is 20.4 Å². The Morgan fingerprint density at radius 1 is 1.50 bits per heavy atom. The lowest BCUT2D eigenvalue weighted by Crippen LogP contribution is -2.42. The molecule has 1 fully saturated rings. The zero-order valence-corrected chi connectivity index (χ0v) is 10.4. The monoisotopic (exact) mass is 225 g/mol. The van der Waals surface area contributed by atoms with Crippen LogP contribution in [0.2, 0.25) is 0 Å². The highest BCUT2D eigenvalue weighted by atomic mass is 16.4. The van der Waals surface area contributed by atoms with E-state index in [0.717, 1.165) is 12.8 Å². The SMILES string of the molecule is C=CCN(CC(=O)O)C1CCC(C)(C)CC1. The average molecular weight is 225 g/mol.